The summed E-state index contributed by atoms with van der Waals surface area (Å²) in [6.45, 7) is 3.18. The van der Waals surface area contributed by atoms with E-state index < -0.39 is 155 Å². The van der Waals surface area contributed by atoms with Gasteiger partial charge in [0, 0.05) is 0 Å². The van der Waals surface area contributed by atoms with Crippen LogP contribution in [0.5, 0.6) is 0 Å². The second-order valence-corrected chi connectivity index (χ2v) is 13.0. The Kier molecular flexibility index (Phi) is 12.9. The molecule has 12 N–H and O–H groups in total. The van der Waals surface area contributed by atoms with Crippen LogP contribution >= 0.6 is 0 Å². The van der Waals surface area contributed by atoms with E-state index in [1.165, 1.54) is 20.8 Å². The Bertz CT molecular complexity index is 1050. The monoisotopic (exact) mass is 720 g/mol. The minimum Gasteiger partial charge on any atom is -0.388 e. The normalized spacial score (nSPS) is 56.0. The topological polar surface area (TPSA) is 326 Å². The molecule has 21 heteroatoms. The third-order valence-corrected chi connectivity index (χ3v) is 9.44. The quantitative estimate of drug-likeness (QED) is 0.111. The molecule has 5 aliphatic rings. The lowest BCUT2D eigenvalue weighted by atomic mass is 9.98. The highest BCUT2D eigenvalue weighted by atomic mass is 16.8. The van der Waals surface area contributed by atoms with Crippen LogP contribution in [0.1, 0.15) is 20.8 Å². The maximum atomic E-state index is 11.6. The zero-order valence-corrected chi connectivity index (χ0v) is 26.7. The molecule has 5 fully saturated rings. The molecule has 0 aromatic carbocycles. The van der Waals surface area contributed by atoms with Crippen LogP contribution < -0.4 is 0 Å². The lowest BCUT2D eigenvalue weighted by molar-refractivity contribution is -0.391. The first-order valence-electron chi connectivity index (χ1n) is 16.0. The van der Waals surface area contributed by atoms with E-state index in [0.29, 0.717) is 0 Å². The molecule has 5 heterocycles. The van der Waals surface area contributed by atoms with Crippen molar-refractivity contribution in [2.24, 2.45) is 0 Å². The molecule has 49 heavy (non-hydrogen) atoms. The fraction of sp³-hybridized carbons (Fsp3) is 1.00. The van der Waals surface area contributed by atoms with Gasteiger partial charge in [0.1, 0.15) is 91.6 Å². The van der Waals surface area contributed by atoms with E-state index in [1.807, 2.05) is 0 Å². The average Bonchev–Trinajstić information content (AvgIpc) is 3.06. The van der Waals surface area contributed by atoms with Gasteiger partial charge in [-0.1, -0.05) is 0 Å². The van der Waals surface area contributed by atoms with Gasteiger partial charge >= 0.3 is 0 Å². The summed E-state index contributed by atoms with van der Waals surface area (Å²) in [6, 6.07) is 0. The van der Waals surface area contributed by atoms with Gasteiger partial charge in [0.25, 0.3) is 0 Å². The van der Waals surface area contributed by atoms with E-state index in [4.69, 9.17) is 42.6 Å². The zero-order chi connectivity index (χ0) is 36.1. The van der Waals surface area contributed by atoms with Crippen LogP contribution in [0.15, 0.2) is 0 Å². The molecule has 0 radical (unpaired) electrons. The van der Waals surface area contributed by atoms with Crippen LogP contribution in [-0.4, -0.2) is 216 Å². The fourth-order valence-electron chi connectivity index (χ4n) is 6.23. The Labute approximate surface area is 279 Å². The lowest BCUT2D eigenvalue weighted by Crippen LogP contribution is -2.66. The van der Waals surface area contributed by atoms with E-state index in [9.17, 15) is 61.3 Å². The summed E-state index contributed by atoms with van der Waals surface area (Å²) < 4.78 is 50.6. The predicted molar refractivity (Wildman–Crippen MR) is 150 cm³/mol. The second-order valence-electron chi connectivity index (χ2n) is 13.0. The van der Waals surface area contributed by atoms with E-state index in [-0.39, 0.29) is 0 Å². The maximum absolute atomic E-state index is 11.6. The lowest BCUT2D eigenvalue weighted by Gasteiger charge is -2.48. The Morgan fingerprint density at radius 2 is 0.837 bits per heavy atom. The van der Waals surface area contributed by atoms with Gasteiger partial charge in [0.05, 0.1) is 31.5 Å². The van der Waals surface area contributed by atoms with E-state index >= 15 is 0 Å². The Hall–Kier alpha value is -0.840. The highest BCUT2D eigenvalue weighted by molar-refractivity contribution is 4.95. The molecule has 0 amide bonds. The summed E-state index contributed by atoms with van der Waals surface area (Å²) in [5.41, 5.74) is 0. The van der Waals surface area contributed by atoms with Crippen LogP contribution in [0.4, 0.5) is 0 Å². The number of aliphatic hydroxyl groups is 12. The zero-order valence-electron chi connectivity index (χ0n) is 26.7. The van der Waals surface area contributed by atoms with Crippen molar-refractivity contribution in [2.45, 2.75) is 162 Å². The van der Waals surface area contributed by atoms with E-state index in [0.717, 1.165) is 0 Å². The summed E-state index contributed by atoms with van der Waals surface area (Å²) >= 11 is 0. The van der Waals surface area contributed by atoms with Crippen LogP contribution in [0.3, 0.4) is 0 Å². The number of ether oxygens (including phenoxy) is 9. The number of aliphatic hydroxyl groups excluding tert-OH is 12. The Morgan fingerprint density at radius 3 is 1.39 bits per heavy atom. The van der Waals surface area contributed by atoms with Crippen molar-refractivity contribution >= 4 is 0 Å². The van der Waals surface area contributed by atoms with Gasteiger partial charge in [-0.3, -0.25) is 0 Å². The van der Waals surface area contributed by atoms with Crippen molar-refractivity contribution in [1.82, 2.24) is 0 Å². The molecule has 21 nitrogen and oxygen atoms in total. The molecule has 0 aromatic rings. The van der Waals surface area contributed by atoms with Gasteiger partial charge < -0.3 is 104 Å². The molecular weight excluding hydrogens is 672 g/mol. The molecular formula is C28H48O21. The first kappa shape index (κ1) is 39.4. The van der Waals surface area contributed by atoms with Gasteiger partial charge in [0.15, 0.2) is 31.5 Å². The van der Waals surface area contributed by atoms with Crippen LogP contribution in [-0.2, 0) is 42.6 Å². The first-order valence-corrected chi connectivity index (χ1v) is 16.0. The van der Waals surface area contributed by atoms with Crippen molar-refractivity contribution in [3.63, 3.8) is 0 Å². The second kappa shape index (κ2) is 16.0. The minimum atomic E-state index is -1.85. The summed E-state index contributed by atoms with van der Waals surface area (Å²) in [4.78, 5) is 0. The minimum absolute atomic E-state index is 0.479. The largest absolute Gasteiger partial charge is 0.388 e. The molecule has 0 aliphatic carbocycles. The molecule has 5 aliphatic heterocycles. The standard InChI is InChI=1S/C28H48O21/c1-6-11(30)16(35)18(37)25(44-6)48-22-14(33)9(29)4-41-27(22)46-10-5-42-28(47-21-13(32)8(3)43-24(40)20(21)39)23(15(10)34)49-26-19(38)17(36)12(31)7(2)45-26/h6-40H,4-5H2,1-3H3/t6-,7-,8-,9-,10-,11+,12-,13-,14+,15+,16+,17+,18-,19-,20-,21+,22-,23-,24-,25+,26+,27+,28+/m1/s1. The molecule has 5 rings (SSSR count). The summed E-state index contributed by atoms with van der Waals surface area (Å²) in [5.74, 6) is 0. The number of rotatable bonds is 8. The van der Waals surface area contributed by atoms with Crippen LogP contribution in [0, 0.1) is 0 Å². The Morgan fingerprint density at radius 1 is 0.388 bits per heavy atom. The van der Waals surface area contributed by atoms with Crippen molar-refractivity contribution < 1.29 is 104 Å². The predicted octanol–water partition coefficient (Wildman–Crippen LogP) is -7.56. The van der Waals surface area contributed by atoms with Crippen molar-refractivity contribution in [3.05, 3.63) is 0 Å². The average molecular weight is 721 g/mol. The van der Waals surface area contributed by atoms with E-state index in [1.54, 1.807) is 0 Å². The van der Waals surface area contributed by atoms with Crippen molar-refractivity contribution in [1.29, 1.82) is 0 Å². The van der Waals surface area contributed by atoms with Crippen molar-refractivity contribution in [3.8, 4) is 0 Å². The molecule has 0 unspecified atom stereocenters. The number of hydrogen-bond acceptors (Lipinski definition) is 21. The molecule has 0 bridgehead atoms. The molecule has 5 saturated heterocycles. The van der Waals surface area contributed by atoms with Gasteiger partial charge in [0.2, 0.25) is 0 Å². The molecule has 286 valence electrons. The Balaban J connectivity index is 1.36. The highest BCUT2D eigenvalue weighted by Gasteiger charge is 2.54. The SMILES string of the molecule is C[C@H]1O[C@@H](O[C@H]2[C@H](O[C@@H]3CO[C@@H](O[C@@H]4[C@@H](O)[C@H](O)O[C@H](C)[C@H]4O)[C@H](O[C@@H]4O[C@H](C)[C@@H](O)[C@H](O)[C@H]4O)[C@H]3O)OC[C@@H](O)[C@@H]2O)[C@H](O)[C@@H](O)[C@H]1O. The molecule has 0 saturated carbocycles. The van der Waals surface area contributed by atoms with E-state index in [2.05, 4.69) is 0 Å². The van der Waals surface area contributed by atoms with Crippen molar-refractivity contribution in [2.75, 3.05) is 13.2 Å². The van der Waals surface area contributed by atoms with Crippen LogP contribution in [0.25, 0.3) is 0 Å². The fourth-order valence-corrected chi connectivity index (χ4v) is 6.23. The maximum Gasteiger partial charge on any atom is 0.187 e. The van der Waals surface area contributed by atoms with Gasteiger partial charge in [-0.2, -0.15) is 0 Å². The van der Waals surface area contributed by atoms with Gasteiger partial charge in [-0.15, -0.1) is 0 Å². The molecule has 0 spiro atoms. The third-order valence-electron chi connectivity index (χ3n) is 9.44. The smallest absolute Gasteiger partial charge is 0.187 e. The summed E-state index contributed by atoms with van der Waals surface area (Å²) in [6.07, 6.45) is -36.3. The first-order chi connectivity index (χ1) is 23.0. The van der Waals surface area contributed by atoms with Gasteiger partial charge in [-0.05, 0) is 20.8 Å². The highest BCUT2D eigenvalue weighted by Crippen LogP contribution is 2.34. The number of hydrogen-bond donors (Lipinski definition) is 12. The molecule has 23 atom stereocenters. The molecule has 0 aromatic heterocycles. The third kappa shape index (κ3) is 8.07. The summed E-state index contributed by atoms with van der Waals surface area (Å²) in [7, 11) is 0. The summed E-state index contributed by atoms with van der Waals surface area (Å²) in [5, 5.41) is 126. The van der Waals surface area contributed by atoms with Crippen LogP contribution in [0.2, 0.25) is 0 Å². The van der Waals surface area contributed by atoms with Gasteiger partial charge in [-0.25, -0.2) is 0 Å².